The maximum atomic E-state index is 13.3. The quantitative estimate of drug-likeness (QED) is 0.703. The van der Waals surface area contributed by atoms with Crippen molar-refractivity contribution < 1.29 is 4.79 Å². The number of hydrogen-bond acceptors (Lipinski definition) is 1. The van der Waals surface area contributed by atoms with E-state index in [0.717, 1.165) is 31.2 Å². The first-order valence-corrected chi connectivity index (χ1v) is 8.50. The molecular formula is C20H24O. The summed E-state index contributed by atoms with van der Waals surface area (Å²) in [4.78, 5) is 13.3. The third-order valence-corrected chi connectivity index (χ3v) is 6.38. The van der Waals surface area contributed by atoms with Crippen LogP contribution in [0.4, 0.5) is 0 Å². The zero-order valence-electron chi connectivity index (χ0n) is 13.1. The molecule has 1 saturated carbocycles. The van der Waals surface area contributed by atoms with E-state index in [2.05, 4.69) is 44.2 Å². The second-order valence-electron chi connectivity index (χ2n) is 7.36. The summed E-state index contributed by atoms with van der Waals surface area (Å²) in [5, 5.41) is 0. The number of carbonyl (C=O) groups excluding carboxylic acids is 1. The third-order valence-electron chi connectivity index (χ3n) is 6.38. The van der Waals surface area contributed by atoms with E-state index in [9.17, 15) is 4.79 Å². The number of benzene rings is 1. The Kier molecular flexibility index (Phi) is 2.89. The summed E-state index contributed by atoms with van der Waals surface area (Å²) in [5.41, 5.74) is 3.76. The van der Waals surface area contributed by atoms with Crippen LogP contribution in [0.25, 0.3) is 0 Å². The summed E-state index contributed by atoms with van der Waals surface area (Å²) in [5.74, 6) is 2.18. The average molecular weight is 280 g/mol. The van der Waals surface area contributed by atoms with Gasteiger partial charge in [-0.25, -0.2) is 0 Å². The summed E-state index contributed by atoms with van der Waals surface area (Å²) in [7, 11) is 0. The van der Waals surface area contributed by atoms with Gasteiger partial charge in [0, 0.05) is 11.0 Å². The van der Waals surface area contributed by atoms with Crippen molar-refractivity contribution in [3.8, 4) is 0 Å². The fourth-order valence-electron chi connectivity index (χ4n) is 5.01. The minimum atomic E-state index is -0.0551. The zero-order valence-corrected chi connectivity index (χ0v) is 13.1. The van der Waals surface area contributed by atoms with Crippen molar-refractivity contribution in [2.24, 2.45) is 17.3 Å². The standard InChI is InChI=1S/C20H24O/c1-3-13(2)16-5-4-6-18-17(16)9-10-20(19(18)21)12-14-7-8-15(20)11-14/h4-8,13-15H,3,9-12H2,1-2H3. The molecule has 3 aliphatic carbocycles. The van der Waals surface area contributed by atoms with Crippen LogP contribution >= 0.6 is 0 Å². The normalized spacial score (nSPS) is 34.5. The van der Waals surface area contributed by atoms with Crippen molar-refractivity contribution in [3.63, 3.8) is 0 Å². The second-order valence-corrected chi connectivity index (χ2v) is 7.36. The van der Waals surface area contributed by atoms with Gasteiger partial charge in [-0.05, 0) is 61.0 Å². The van der Waals surface area contributed by atoms with E-state index in [4.69, 9.17) is 0 Å². The topological polar surface area (TPSA) is 17.1 Å². The van der Waals surface area contributed by atoms with Gasteiger partial charge in [-0.2, -0.15) is 0 Å². The van der Waals surface area contributed by atoms with Crippen LogP contribution in [0.5, 0.6) is 0 Å². The van der Waals surface area contributed by atoms with Gasteiger partial charge in [-0.1, -0.05) is 44.2 Å². The maximum Gasteiger partial charge on any atom is 0.169 e. The molecule has 0 aliphatic heterocycles. The van der Waals surface area contributed by atoms with E-state index < -0.39 is 0 Å². The molecule has 4 unspecified atom stereocenters. The molecule has 4 atom stereocenters. The average Bonchev–Trinajstić information content (AvgIpc) is 3.11. The summed E-state index contributed by atoms with van der Waals surface area (Å²) in [6.07, 6.45) is 10.3. The van der Waals surface area contributed by atoms with E-state index in [1.54, 1.807) is 0 Å². The largest absolute Gasteiger partial charge is 0.294 e. The molecule has 1 nitrogen and oxygen atoms in total. The molecule has 0 radical (unpaired) electrons. The minimum absolute atomic E-state index is 0.0551. The van der Waals surface area contributed by atoms with Crippen molar-refractivity contribution in [2.45, 2.75) is 51.9 Å². The van der Waals surface area contributed by atoms with Crippen LogP contribution in [0, 0.1) is 17.3 Å². The number of fused-ring (bicyclic) bond motifs is 4. The lowest BCUT2D eigenvalue weighted by molar-refractivity contribution is 0.0702. The molecule has 21 heavy (non-hydrogen) atoms. The van der Waals surface area contributed by atoms with Gasteiger partial charge >= 0.3 is 0 Å². The van der Waals surface area contributed by atoms with Gasteiger partial charge in [0.05, 0.1) is 0 Å². The third kappa shape index (κ3) is 1.73. The van der Waals surface area contributed by atoms with Crippen molar-refractivity contribution in [3.05, 3.63) is 47.0 Å². The van der Waals surface area contributed by atoms with Crippen molar-refractivity contribution in [2.75, 3.05) is 0 Å². The molecule has 1 aromatic rings. The molecule has 4 rings (SSSR count). The molecule has 0 aromatic heterocycles. The Bertz CT molecular complexity index is 627. The predicted molar refractivity (Wildman–Crippen MR) is 85.6 cm³/mol. The Morgan fingerprint density at radius 1 is 1.33 bits per heavy atom. The van der Waals surface area contributed by atoms with Gasteiger partial charge in [0.25, 0.3) is 0 Å². The minimum Gasteiger partial charge on any atom is -0.294 e. The van der Waals surface area contributed by atoms with Crippen LogP contribution < -0.4 is 0 Å². The molecule has 1 aromatic carbocycles. The number of allylic oxidation sites excluding steroid dienone is 2. The molecule has 0 saturated heterocycles. The monoisotopic (exact) mass is 280 g/mol. The molecule has 110 valence electrons. The molecule has 0 N–H and O–H groups in total. The highest BCUT2D eigenvalue weighted by atomic mass is 16.1. The van der Waals surface area contributed by atoms with Gasteiger partial charge in [0.1, 0.15) is 0 Å². The van der Waals surface area contributed by atoms with Crippen LogP contribution in [-0.4, -0.2) is 5.78 Å². The van der Waals surface area contributed by atoms with Crippen LogP contribution in [0.15, 0.2) is 30.4 Å². The second kappa shape index (κ2) is 4.56. The number of ketones is 1. The van der Waals surface area contributed by atoms with E-state index in [-0.39, 0.29) is 5.41 Å². The van der Waals surface area contributed by atoms with Gasteiger partial charge in [0.15, 0.2) is 5.78 Å². The van der Waals surface area contributed by atoms with Crippen LogP contribution in [0.2, 0.25) is 0 Å². The Morgan fingerprint density at radius 2 is 2.19 bits per heavy atom. The van der Waals surface area contributed by atoms with Crippen LogP contribution in [0.3, 0.4) is 0 Å². The molecule has 1 heteroatoms. The highest BCUT2D eigenvalue weighted by molar-refractivity contribution is 6.03. The Balaban J connectivity index is 1.78. The number of Topliss-reactive ketones (excluding diaryl/α,β-unsaturated/α-hetero) is 1. The van der Waals surface area contributed by atoms with E-state index >= 15 is 0 Å². The Labute approximate surface area is 127 Å². The first-order chi connectivity index (χ1) is 10.2. The summed E-state index contributed by atoms with van der Waals surface area (Å²) in [6, 6.07) is 6.42. The first-order valence-electron chi connectivity index (χ1n) is 8.50. The molecule has 3 aliphatic rings. The highest BCUT2D eigenvalue weighted by Crippen LogP contribution is 2.58. The number of carbonyl (C=O) groups is 1. The Morgan fingerprint density at radius 3 is 2.86 bits per heavy atom. The summed E-state index contributed by atoms with van der Waals surface area (Å²) < 4.78 is 0. The molecule has 1 fully saturated rings. The van der Waals surface area contributed by atoms with Crippen molar-refractivity contribution in [1.29, 1.82) is 0 Å². The zero-order chi connectivity index (χ0) is 14.6. The highest BCUT2D eigenvalue weighted by Gasteiger charge is 2.54. The lowest BCUT2D eigenvalue weighted by atomic mass is 9.63. The SMILES string of the molecule is CCC(C)c1cccc2c1CCC1(CC3C=CC1C3)C2=O. The lowest BCUT2D eigenvalue weighted by Crippen LogP contribution is -2.39. The number of hydrogen-bond donors (Lipinski definition) is 0. The summed E-state index contributed by atoms with van der Waals surface area (Å²) in [6.45, 7) is 4.52. The van der Waals surface area contributed by atoms with Crippen LogP contribution in [0.1, 0.15) is 66.9 Å². The smallest absolute Gasteiger partial charge is 0.169 e. The lowest BCUT2D eigenvalue weighted by Gasteiger charge is -2.39. The molecule has 0 amide bonds. The van der Waals surface area contributed by atoms with Gasteiger partial charge < -0.3 is 0 Å². The van der Waals surface area contributed by atoms with Gasteiger partial charge in [-0.3, -0.25) is 4.79 Å². The fourth-order valence-corrected chi connectivity index (χ4v) is 5.01. The number of rotatable bonds is 2. The molecule has 1 spiro atoms. The first kappa shape index (κ1) is 13.3. The fraction of sp³-hybridized carbons (Fsp3) is 0.550. The molecular weight excluding hydrogens is 256 g/mol. The predicted octanol–water partition coefficient (Wildman–Crippen LogP) is 4.91. The van der Waals surface area contributed by atoms with E-state index in [0.29, 0.717) is 23.5 Å². The molecule has 2 bridgehead atoms. The van der Waals surface area contributed by atoms with E-state index in [1.807, 2.05) is 0 Å². The maximum absolute atomic E-state index is 13.3. The Hall–Kier alpha value is -1.37. The van der Waals surface area contributed by atoms with Gasteiger partial charge in [-0.15, -0.1) is 0 Å². The van der Waals surface area contributed by atoms with Crippen LogP contribution in [-0.2, 0) is 6.42 Å². The van der Waals surface area contributed by atoms with Gasteiger partial charge in [0.2, 0.25) is 0 Å². The summed E-state index contributed by atoms with van der Waals surface area (Å²) >= 11 is 0. The van der Waals surface area contributed by atoms with E-state index in [1.165, 1.54) is 17.5 Å². The van der Waals surface area contributed by atoms with Crippen molar-refractivity contribution in [1.82, 2.24) is 0 Å². The van der Waals surface area contributed by atoms with Crippen molar-refractivity contribution >= 4 is 5.78 Å². The molecule has 0 heterocycles.